The van der Waals surface area contributed by atoms with E-state index < -0.39 is 0 Å². The van der Waals surface area contributed by atoms with Gasteiger partial charge in [0.15, 0.2) is 5.78 Å². The highest BCUT2D eigenvalue weighted by Gasteiger charge is 2.10. The molecule has 0 spiro atoms. The Labute approximate surface area is 121 Å². The third-order valence-corrected chi connectivity index (χ3v) is 3.44. The molecule has 0 radical (unpaired) electrons. The summed E-state index contributed by atoms with van der Waals surface area (Å²) in [6, 6.07) is 13.4. The molecule has 0 aliphatic rings. The molecule has 0 atom stereocenters. The highest BCUT2D eigenvalue weighted by Crippen LogP contribution is 2.19. The molecular formula is C17H14FNO2. The quantitative estimate of drug-likeness (QED) is 0.684. The molecule has 3 nitrogen and oxygen atoms in total. The monoisotopic (exact) mass is 283 g/mol. The van der Waals surface area contributed by atoms with Gasteiger partial charge in [0.25, 0.3) is 0 Å². The number of benzene rings is 2. The van der Waals surface area contributed by atoms with E-state index in [0.29, 0.717) is 16.8 Å². The van der Waals surface area contributed by atoms with Crippen molar-refractivity contribution in [3.63, 3.8) is 0 Å². The summed E-state index contributed by atoms with van der Waals surface area (Å²) in [6.45, 7) is 0.167. The molecule has 0 aliphatic carbocycles. The fourth-order valence-corrected chi connectivity index (χ4v) is 2.34. The first-order chi connectivity index (χ1) is 10.2. The number of Topliss-reactive ketones (excluding diaryl/α,β-unsaturated/α-hetero) is 1. The number of aromatic nitrogens is 1. The Hall–Kier alpha value is -2.62. The molecular weight excluding hydrogens is 269 g/mol. The second-order valence-corrected chi connectivity index (χ2v) is 4.80. The Morgan fingerprint density at radius 1 is 1.19 bits per heavy atom. The normalized spacial score (nSPS) is 10.8. The van der Waals surface area contributed by atoms with Gasteiger partial charge in [0.05, 0.1) is 19.2 Å². The zero-order valence-corrected chi connectivity index (χ0v) is 11.5. The molecule has 0 aliphatic heterocycles. The van der Waals surface area contributed by atoms with Gasteiger partial charge in [-0.1, -0.05) is 12.1 Å². The summed E-state index contributed by atoms with van der Waals surface area (Å²) in [5.74, 6) is 0.288. The lowest BCUT2D eigenvalue weighted by Crippen LogP contribution is -2.09. The Kier molecular flexibility index (Phi) is 3.44. The van der Waals surface area contributed by atoms with E-state index in [9.17, 15) is 9.18 Å². The third-order valence-electron chi connectivity index (χ3n) is 3.44. The molecule has 3 rings (SSSR count). The number of fused-ring (bicyclic) bond motifs is 1. The lowest BCUT2D eigenvalue weighted by Gasteiger charge is -2.06. The largest absolute Gasteiger partial charge is 0.497 e. The minimum atomic E-state index is -0.309. The molecule has 4 heteroatoms. The average molecular weight is 283 g/mol. The SMILES string of the molecule is COc1cccc(C(=O)Cn2ccc3ccc(F)cc32)c1. The summed E-state index contributed by atoms with van der Waals surface area (Å²) < 4.78 is 20.2. The van der Waals surface area contributed by atoms with Crippen molar-refractivity contribution >= 4 is 16.7 Å². The fraction of sp³-hybridized carbons (Fsp3) is 0.118. The van der Waals surface area contributed by atoms with Gasteiger partial charge in [0.1, 0.15) is 11.6 Å². The third kappa shape index (κ3) is 2.65. The van der Waals surface area contributed by atoms with Crippen molar-refractivity contribution in [3.8, 4) is 5.75 Å². The molecule has 2 aromatic carbocycles. The minimum Gasteiger partial charge on any atom is -0.497 e. The van der Waals surface area contributed by atoms with Crippen LogP contribution in [0.1, 0.15) is 10.4 Å². The van der Waals surface area contributed by atoms with Gasteiger partial charge in [0.2, 0.25) is 0 Å². The van der Waals surface area contributed by atoms with E-state index in [4.69, 9.17) is 4.74 Å². The summed E-state index contributed by atoms with van der Waals surface area (Å²) >= 11 is 0. The van der Waals surface area contributed by atoms with Crippen LogP contribution in [0.25, 0.3) is 10.9 Å². The number of carbonyl (C=O) groups is 1. The molecule has 0 amide bonds. The second-order valence-electron chi connectivity index (χ2n) is 4.80. The maximum absolute atomic E-state index is 13.3. The Bertz CT molecular complexity index is 807. The second kappa shape index (κ2) is 5.40. The molecule has 21 heavy (non-hydrogen) atoms. The molecule has 1 heterocycles. The Balaban J connectivity index is 1.90. The molecule has 0 N–H and O–H groups in total. The lowest BCUT2D eigenvalue weighted by molar-refractivity contribution is 0.0973. The topological polar surface area (TPSA) is 31.2 Å². The lowest BCUT2D eigenvalue weighted by atomic mass is 10.1. The number of rotatable bonds is 4. The highest BCUT2D eigenvalue weighted by molar-refractivity contribution is 5.97. The summed E-state index contributed by atoms with van der Waals surface area (Å²) in [7, 11) is 1.56. The summed E-state index contributed by atoms with van der Waals surface area (Å²) in [6.07, 6.45) is 1.79. The van der Waals surface area contributed by atoms with Crippen molar-refractivity contribution in [1.29, 1.82) is 0 Å². The van der Waals surface area contributed by atoms with Gasteiger partial charge in [-0.05, 0) is 41.8 Å². The van der Waals surface area contributed by atoms with Crippen molar-refractivity contribution in [2.45, 2.75) is 6.54 Å². The number of halogens is 1. The molecule has 0 fully saturated rings. The Morgan fingerprint density at radius 2 is 2.05 bits per heavy atom. The van der Waals surface area contributed by atoms with E-state index >= 15 is 0 Å². The fourth-order valence-electron chi connectivity index (χ4n) is 2.34. The van der Waals surface area contributed by atoms with Gasteiger partial charge in [-0.3, -0.25) is 4.79 Å². The van der Waals surface area contributed by atoms with Crippen LogP contribution in [0.3, 0.4) is 0 Å². The van der Waals surface area contributed by atoms with Crippen molar-refractivity contribution in [2.75, 3.05) is 7.11 Å². The number of ether oxygens (including phenoxy) is 1. The van der Waals surface area contributed by atoms with Crippen molar-refractivity contribution < 1.29 is 13.9 Å². The highest BCUT2D eigenvalue weighted by atomic mass is 19.1. The number of hydrogen-bond acceptors (Lipinski definition) is 2. The van der Waals surface area contributed by atoms with E-state index in [1.54, 1.807) is 48.2 Å². The van der Waals surface area contributed by atoms with E-state index in [1.807, 2.05) is 6.07 Å². The maximum atomic E-state index is 13.3. The molecule has 106 valence electrons. The minimum absolute atomic E-state index is 0.0457. The van der Waals surface area contributed by atoms with Crippen LogP contribution >= 0.6 is 0 Å². The zero-order valence-electron chi connectivity index (χ0n) is 11.5. The van der Waals surface area contributed by atoms with Crippen LogP contribution in [0, 0.1) is 5.82 Å². The molecule has 0 saturated carbocycles. The molecule has 1 aromatic heterocycles. The van der Waals surface area contributed by atoms with Crippen LogP contribution in [-0.4, -0.2) is 17.5 Å². The van der Waals surface area contributed by atoms with Crippen LogP contribution in [0.15, 0.2) is 54.7 Å². The van der Waals surface area contributed by atoms with Crippen LogP contribution < -0.4 is 4.74 Å². The number of carbonyl (C=O) groups excluding carboxylic acids is 1. The van der Waals surface area contributed by atoms with E-state index in [1.165, 1.54) is 12.1 Å². The van der Waals surface area contributed by atoms with Gasteiger partial charge >= 0.3 is 0 Å². The van der Waals surface area contributed by atoms with Crippen molar-refractivity contribution in [3.05, 3.63) is 66.1 Å². The zero-order chi connectivity index (χ0) is 14.8. The standard InChI is InChI=1S/C17H14FNO2/c1-21-15-4-2-3-13(9-15)17(20)11-19-8-7-12-5-6-14(18)10-16(12)19/h2-10H,11H2,1H3. The summed E-state index contributed by atoms with van der Waals surface area (Å²) in [5.41, 5.74) is 1.29. The molecule has 0 saturated heterocycles. The van der Waals surface area contributed by atoms with E-state index in [0.717, 1.165) is 5.39 Å². The van der Waals surface area contributed by atoms with Crippen LogP contribution in [0.4, 0.5) is 4.39 Å². The van der Waals surface area contributed by atoms with Crippen molar-refractivity contribution in [2.24, 2.45) is 0 Å². The molecule has 0 unspecified atom stereocenters. The van der Waals surface area contributed by atoms with E-state index in [2.05, 4.69) is 0 Å². The van der Waals surface area contributed by atoms with Gasteiger partial charge < -0.3 is 9.30 Å². The Morgan fingerprint density at radius 3 is 2.86 bits per heavy atom. The number of nitrogens with zero attached hydrogens (tertiary/aromatic N) is 1. The molecule has 3 aromatic rings. The smallest absolute Gasteiger partial charge is 0.182 e. The van der Waals surface area contributed by atoms with Crippen LogP contribution in [-0.2, 0) is 6.54 Å². The predicted molar refractivity (Wildman–Crippen MR) is 79.2 cm³/mol. The first-order valence-corrected chi connectivity index (χ1v) is 6.59. The van der Waals surface area contributed by atoms with Crippen LogP contribution in [0.5, 0.6) is 5.75 Å². The average Bonchev–Trinajstić information content (AvgIpc) is 2.89. The van der Waals surface area contributed by atoms with E-state index in [-0.39, 0.29) is 18.1 Å². The molecule has 0 bridgehead atoms. The summed E-state index contributed by atoms with van der Waals surface area (Å²) in [5, 5.41) is 0.912. The van der Waals surface area contributed by atoms with Gasteiger partial charge in [-0.15, -0.1) is 0 Å². The van der Waals surface area contributed by atoms with Gasteiger partial charge in [0, 0.05) is 11.8 Å². The first-order valence-electron chi connectivity index (χ1n) is 6.59. The van der Waals surface area contributed by atoms with Crippen molar-refractivity contribution in [1.82, 2.24) is 4.57 Å². The first kappa shape index (κ1) is 13.4. The maximum Gasteiger partial charge on any atom is 0.182 e. The number of methoxy groups -OCH3 is 1. The number of ketones is 1. The number of hydrogen-bond donors (Lipinski definition) is 0. The van der Waals surface area contributed by atoms with Gasteiger partial charge in [-0.25, -0.2) is 4.39 Å². The predicted octanol–water partition coefficient (Wildman–Crippen LogP) is 3.67. The summed E-state index contributed by atoms with van der Waals surface area (Å²) in [4.78, 5) is 12.3. The van der Waals surface area contributed by atoms with Gasteiger partial charge in [-0.2, -0.15) is 0 Å². The van der Waals surface area contributed by atoms with Crippen LogP contribution in [0.2, 0.25) is 0 Å².